The molecule has 0 amide bonds. The first-order valence-electron chi connectivity index (χ1n) is 5.34. The van der Waals surface area contributed by atoms with Crippen LogP contribution in [0, 0.1) is 6.92 Å². The first-order chi connectivity index (χ1) is 7.16. The van der Waals surface area contributed by atoms with E-state index in [1.807, 2.05) is 19.3 Å². The monoisotopic (exact) mass is 206 g/mol. The highest BCUT2D eigenvalue weighted by atomic mass is 15.1. The van der Waals surface area contributed by atoms with Crippen LogP contribution in [0.3, 0.4) is 0 Å². The fourth-order valence-electron chi connectivity index (χ4n) is 2.27. The van der Waals surface area contributed by atoms with E-state index in [2.05, 4.69) is 21.9 Å². The average Bonchev–Trinajstić information content (AvgIpc) is 2.62. The molecule has 1 atom stereocenters. The maximum absolute atomic E-state index is 5.92. The molecule has 1 aliphatic rings. The number of hydrogen-bond donors (Lipinski definition) is 1. The predicted octanol–water partition coefficient (Wildman–Crippen LogP) is 0.317. The van der Waals surface area contributed by atoms with Crippen LogP contribution >= 0.6 is 0 Å². The Hall–Kier alpha value is -1.00. The molecule has 0 bridgehead atoms. The van der Waals surface area contributed by atoms with Crippen molar-refractivity contribution in [3.05, 3.63) is 23.8 Å². The highest BCUT2D eigenvalue weighted by Gasteiger charge is 2.37. The molecule has 4 nitrogen and oxygen atoms in total. The van der Waals surface area contributed by atoms with Crippen LogP contribution in [0.4, 0.5) is 0 Å². The number of aromatic nitrogens is 2. The van der Waals surface area contributed by atoms with Crippen LogP contribution in [0.2, 0.25) is 0 Å². The van der Waals surface area contributed by atoms with E-state index in [0.29, 0.717) is 6.54 Å². The lowest BCUT2D eigenvalue weighted by Crippen LogP contribution is -2.37. The maximum Gasteiger partial charge on any atom is 0.125 e. The zero-order valence-electron chi connectivity index (χ0n) is 9.40. The largest absolute Gasteiger partial charge is 0.330 e. The van der Waals surface area contributed by atoms with Gasteiger partial charge in [0.05, 0.1) is 0 Å². The molecule has 1 aliphatic heterocycles. The van der Waals surface area contributed by atoms with E-state index in [-0.39, 0.29) is 5.41 Å². The molecular formula is C11H18N4. The topological polar surface area (TPSA) is 55.0 Å². The first-order valence-corrected chi connectivity index (χ1v) is 5.34. The van der Waals surface area contributed by atoms with Gasteiger partial charge in [-0.2, -0.15) is 0 Å². The van der Waals surface area contributed by atoms with E-state index in [9.17, 15) is 0 Å². The van der Waals surface area contributed by atoms with Gasteiger partial charge in [-0.25, -0.2) is 9.97 Å². The van der Waals surface area contributed by atoms with Crippen LogP contribution in [0.25, 0.3) is 0 Å². The molecule has 4 heteroatoms. The lowest BCUT2D eigenvalue weighted by atomic mass is 9.81. The first kappa shape index (κ1) is 10.5. The molecule has 1 aromatic rings. The van der Waals surface area contributed by atoms with Crippen LogP contribution < -0.4 is 5.73 Å². The van der Waals surface area contributed by atoms with Crippen LogP contribution in [0.1, 0.15) is 17.8 Å². The Morgan fingerprint density at radius 2 is 2.13 bits per heavy atom. The van der Waals surface area contributed by atoms with E-state index >= 15 is 0 Å². The molecule has 0 saturated carbocycles. The molecule has 82 valence electrons. The van der Waals surface area contributed by atoms with E-state index < -0.39 is 0 Å². The Bertz CT molecular complexity index is 335. The number of nitrogens with two attached hydrogens (primary N) is 1. The van der Waals surface area contributed by atoms with E-state index in [1.54, 1.807) is 0 Å². The van der Waals surface area contributed by atoms with Gasteiger partial charge in [-0.1, -0.05) is 0 Å². The van der Waals surface area contributed by atoms with Crippen molar-refractivity contribution in [2.45, 2.75) is 18.8 Å². The predicted molar refractivity (Wildman–Crippen MR) is 59.6 cm³/mol. The van der Waals surface area contributed by atoms with Crippen molar-refractivity contribution >= 4 is 0 Å². The Morgan fingerprint density at radius 3 is 2.60 bits per heavy atom. The molecule has 2 rings (SSSR count). The van der Waals surface area contributed by atoms with Gasteiger partial charge in [-0.3, -0.25) is 0 Å². The van der Waals surface area contributed by atoms with E-state index in [0.717, 1.165) is 25.3 Å². The Kier molecular flexibility index (Phi) is 2.71. The molecule has 1 saturated heterocycles. The second-order valence-corrected chi connectivity index (χ2v) is 4.49. The SMILES string of the molecule is Cc1ncc(C2(CN)CCN(C)C2)cn1. The van der Waals surface area contributed by atoms with Crippen LogP contribution in [0.15, 0.2) is 12.4 Å². The highest BCUT2D eigenvalue weighted by Crippen LogP contribution is 2.32. The quantitative estimate of drug-likeness (QED) is 0.757. The van der Waals surface area contributed by atoms with Gasteiger partial charge >= 0.3 is 0 Å². The van der Waals surface area contributed by atoms with Crippen LogP contribution in [-0.2, 0) is 5.41 Å². The molecule has 0 spiro atoms. The smallest absolute Gasteiger partial charge is 0.125 e. The summed E-state index contributed by atoms with van der Waals surface area (Å²) in [6.07, 6.45) is 4.95. The number of likely N-dealkylation sites (N-methyl/N-ethyl adjacent to an activating group) is 1. The van der Waals surface area contributed by atoms with Gasteiger partial charge < -0.3 is 10.6 Å². The molecule has 2 heterocycles. The van der Waals surface area contributed by atoms with Gasteiger partial charge in [0.2, 0.25) is 0 Å². The zero-order chi connectivity index (χ0) is 10.9. The second kappa shape index (κ2) is 3.87. The summed E-state index contributed by atoms with van der Waals surface area (Å²) >= 11 is 0. The molecular weight excluding hydrogens is 188 g/mol. The van der Waals surface area contributed by atoms with Crippen molar-refractivity contribution in [2.75, 3.05) is 26.7 Å². The number of rotatable bonds is 2. The number of aryl methyl sites for hydroxylation is 1. The third-order valence-electron chi connectivity index (χ3n) is 3.33. The number of hydrogen-bond acceptors (Lipinski definition) is 4. The molecule has 0 radical (unpaired) electrons. The Balaban J connectivity index is 2.30. The molecule has 1 unspecified atom stereocenters. The van der Waals surface area contributed by atoms with Gasteiger partial charge in [-0.15, -0.1) is 0 Å². The molecule has 2 N–H and O–H groups in total. The summed E-state index contributed by atoms with van der Waals surface area (Å²) in [5.74, 6) is 0.817. The lowest BCUT2D eigenvalue weighted by molar-refractivity contribution is 0.370. The fourth-order valence-corrected chi connectivity index (χ4v) is 2.27. The summed E-state index contributed by atoms with van der Waals surface area (Å²) in [5, 5.41) is 0. The van der Waals surface area contributed by atoms with Crippen molar-refractivity contribution in [2.24, 2.45) is 5.73 Å². The van der Waals surface area contributed by atoms with Crippen molar-refractivity contribution in [1.82, 2.24) is 14.9 Å². The normalized spacial score (nSPS) is 27.1. The van der Waals surface area contributed by atoms with E-state index in [4.69, 9.17) is 5.73 Å². The third-order valence-corrected chi connectivity index (χ3v) is 3.33. The van der Waals surface area contributed by atoms with Gasteiger partial charge in [-0.05, 0) is 32.5 Å². The van der Waals surface area contributed by atoms with E-state index in [1.165, 1.54) is 5.56 Å². The molecule has 0 aromatic carbocycles. The molecule has 1 aromatic heterocycles. The second-order valence-electron chi connectivity index (χ2n) is 4.49. The fraction of sp³-hybridized carbons (Fsp3) is 0.636. The van der Waals surface area contributed by atoms with Gasteiger partial charge in [0, 0.05) is 30.9 Å². The average molecular weight is 206 g/mol. The van der Waals surface area contributed by atoms with Crippen molar-refractivity contribution in [1.29, 1.82) is 0 Å². The highest BCUT2D eigenvalue weighted by molar-refractivity contribution is 5.23. The molecule has 0 aliphatic carbocycles. The minimum atomic E-state index is 0.0719. The van der Waals surface area contributed by atoms with Crippen molar-refractivity contribution in [3.63, 3.8) is 0 Å². The Labute approximate surface area is 90.5 Å². The lowest BCUT2D eigenvalue weighted by Gasteiger charge is -2.27. The number of nitrogens with zero attached hydrogens (tertiary/aromatic N) is 3. The molecule has 15 heavy (non-hydrogen) atoms. The van der Waals surface area contributed by atoms with Crippen molar-refractivity contribution < 1.29 is 0 Å². The summed E-state index contributed by atoms with van der Waals surface area (Å²) in [5.41, 5.74) is 7.17. The summed E-state index contributed by atoms with van der Waals surface area (Å²) in [6.45, 7) is 4.68. The van der Waals surface area contributed by atoms with Crippen LogP contribution in [-0.4, -0.2) is 41.5 Å². The summed E-state index contributed by atoms with van der Waals surface area (Å²) in [4.78, 5) is 10.8. The summed E-state index contributed by atoms with van der Waals surface area (Å²) in [7, 11) is 2.13. The molecule has 1 fully saturated rings. The summed E-state index contributed by atoms with van der Waals surface area (Å²) in [6, 6.07) is 0. The van der Waals surface area contributed by atoms with Gasteiger partial charge in [0.15, 0.2) is 0 Å². The summed E-state index contributed by atoms with van der Waals surface area (Å²) < 4.78 is 0. The maximum atomic E-state index is 5.92. The standard InChI is InChI=1S/C11H18N4/c1-9-13-5-10(6-14-9)11(7-12)3-4-15(2)8-11/h5-6H,3-4,7-8,12H2,1-2H3. The van der Waals surface area contributed by atoms with Gasteiger partial charge in [0.25, 0.3) is 0 Å². The van der Waals surface area contributed by atoms with Crippen LogP contribution in [0.5, 0.6) is 0 Å². The van der Waals surface area contributed by atoms with Gasteiger partial charge in [0.1, 0.15) is 5.82 Å². The minimum absolute atomic E-state index is 0.0719. The Morgan fingerprint density at radius 1 is 1.47 bits per heavy atom. The zero-order valence-corrected chi connectivity index (χ0v) is 9.40. The third kappa shape index (κ3) is 1.87. The minimum Gasteiger partial charge on any atom is -0.330 e. The number of likely N-dealkylation sites (tertiary alicyclic amines) is 1. The van der Waals surface area contributed by atoms with Crippen molar-refractivity contribution in [3.8, 4) is 0 Å².